The Labute approximate surface area is 166 Å². The van der Waals surface area contributed by atoms with Crippen molar-refractivity contribution in [1.29, 1.82) is 0 Å². The Bertz CT molecular complexity index is 1210. The Balaban J connectivity index is 1.67. The van der Waals surface area contributed by atoms with Crippen LogP contribution in [0.15, 0.2) is 65.8 Å². The molecule has 29 heavy (non-hydrogen) atoms. The second kappa shape index (κ2) is 7.67. The second-order valence-corrected chi connectivity index (χ2v) is 7.09. The van der Waals surface area contributed by atoms with Crippen LogP contribution in [0, 0.1) is 5.92 Å². The van der Waals surface area contributed by atoms with Gasteiger partial charge in [0.1, 0.15) is 0 Å². The number of nitrogens with zero attached hydrogens (tertiary/aromatic N) is 5. The molecule has 0 radical (unpaired) electrons. The highest BCUT2D eigenvalue weighted by molar-refractivity contribution is 6.11. The third-order valence-corrected chi connectivity index (χ3v) is 4.37. The molecule has 0 fully saturated rings. The Hall–Kier alpha value is -3.81. The number of anilines is 1. The lowest BCUT2D eigenvalue weighted by atomic mass is 10.1. The molecule has 4 aromatic rings. The van der Waals surface area contributed by atoms with Gasteiger partial charge in [0.15, 0.2) is 11.5 Å². The topological polar surface area (TPSA) is 94.7 Å². The highest BCUT2D eigenvalue weighted by atomic mass is 16.2. The maximum Gasteiger partial charge on any atom is 0.276 e. The number of amides is 1. The summed E-state index contributed by atoms with van der Waals surface area (Å²) in [7, 11) is 0. The van der Waals surface area contributed by atoms with Crippen LogP contribution in [0.4, 0.5) is 5.69 Å². The van der Waals surface area contributed by atoms with E-state index >= 15 is 0 Å². The van der Waals surface area contributed by atoms with Crippen molar-refractivity contribution in [2.24, 2.45) is 5.92 Å². The van der Waals surface area contributed by atoms with E-state index in [2.05, 4.69) is 20.5 Å². The molecule has 0 saturated heterocycles. The van der Waals surface area contributed by atoms with Crippen LogP contribution in [-0.2, 0) is 6.54 Å². The molecule has 0 atom stereocenters. The van der Waals surface area contributed by atoms with E-state index in [1.807, 2.05) is 13.8 Å². The Morgan fingerprint density at radius 3 is 2.55 bits per heavy atom. The van der Waals surface area contributed by atoms with E-state index < -0.39 is 5.91 Å². The maximum absolute atomic E-state index is 13.0. The third-order valence-electron chi connectivity index (χ3n) is 4.37. The SMILES string of the molecule is CC(C)Cn1nc(C(=O)Nc2ccc(-n3cccn3)nc2)c2ccccc2c1=O. The minimum atomic E-state index is -0.396. The lowest BCUT2D eigenvalue weighted by Crippen LogP contribution is -2.29. The molecular formula is C21H20N6O2. The summed E-state index contributed by atoms with van der Waals surface area (Å²) in [6.07, 6.45) is 5.01. The lowest BCUT2D eigenvalue weighted by molar-refractivity contribution is 0.102. The Morgan fingerprint density at radius 2 is 1.90 bits per heavy atom. The van der Waals surface area contributed by atoms with Gasteiger partial charge in [-0.3, -0.25) is 9.59 Å². The van der Waals surface area contributed by atoms with E-state index in [1.54, 1.807) is 65.7 Å². The van der Waals surface area contributed by atoms with E-state index in [0.29, 0.717) is 28.8 Å². The van der Waals surface area contributed by atoms with E-state index in [4.69, 9.17) is 0 Å². The van der Waals surface area contributed by atoms with Crippen LogP contribution in [0.25, 0.3) is 16.6 Å². The van der Waals surface area contributed by atoms with Crippen molar-refractivity contribution in [2.45, 2.75) is 20.4 Å². The number of carbonyl (C=O) groups is 1. The summed E-state index contributed by atoms with van der Waals surface area (Å²) in [5.74, 6) is 0.464. The van der Waals surface area contributed by atoms with Gasteiger partial charge in [-0.2, -0.15) is 10.2 Å². The van der Waals surface area contributed by atoms with Gasteiger partial charge in [-0.1, -0.05) is 32.0 Å². The minimum Gasteiger partial charge on any atom is -0.319 e. The predicted molar refractivity (Wildman–Crippen MR) is 110 cm³/mol. The second-order valence-electron chi connectivity index (χ2n) is 7.09. The molecule has 146 valence electrons. The molecule has 3 heterocycles. The molecule has 1 aromatic carbocycles. The van der Waals surface area contributed by atoms with Crippen molar-refractivity contribution < 1.29 is 4.79 Å². The van der Waals surface area contributed by atoms with Crippen molar-refractivity contribution >= 4 is 22.4 Å². The molecule has 0 aliphatic rings. The molecule has 0 saturated carbocycles. The zero-order valence-electron chi connectivity index (χ0n) is 16.1. The average Bonchev–Trinajstić information content (AvgIpc) is 3.25. The highest BCUT2D eigenvalue weighted by Crippen LogP contribution is 2.16. The summed E-state index contributed by atoms with van der Waals surface area (Å²) >= 11 is 0. The smallest absolute Gasteiger partial charge is 0.276 e. The molecule has 3 aromatic heterocycles. The first-order valence-electron chi connectivity index (χ1n) is 9.30. The standard InChI is InChI=1S/C21H20N6O2/c1-14(2)13-27-21(29)17-7-4-3-6-16(17)19(25-27)20(28)24-15-8-9-18(22-12-15)26-11-5-10-23-26/h3-12,14H,13H2,1-2H3,(H,24,28). The molecule has 0 aliphatic heterocycles. The fourth-order valence-corrected chi connectivity index (χ4v) is 3.06. The van der Waals surface area contributed by atoms with Crippen LogP contribution in [0.2, 0.25) is 0 Å². The van der Waals surface area contributed by atoms with Gasteiger partial charge in [-0.25, -0.2) is 14.3 Å². The lowest BCUT2D eigenvalue weighted by Gasteiger charge is -2.12. The molecule has 0 unspecified atom stereocenters. The number of aromatic nitrogens is 5. The first kappa shape index (κ1) is 18.5. The zero-order chi connectivity index (χ0) is 20.4. The van der Waals surface area contributed by atoms with Gasteiger partial charge >= 0.3 is 0 Å². The van der Waals surface area contributed by atoms with Gasteiger partial charge < -0.3 is 5.32 Å². The molecule has 0 aliphatic carbocycles. The van der Waals surface area contributed by atoms with Crippen molar-refractivity contribution in [3.8, 4) is 5.82 Å². The van der Waals surface area contributed by atoms with E-state index in [9.17, 15) is 9.59 Å². The third kappa shape index (κ3) is 3.77. The van der Waals surface area contributed by atoms with E-state index in [0.717, 1.165) is 0 Å². The average molecular weight is 388 g/mol. The van der Waals surface area contributed by atoms with Gasteiger partial charge in [-0.05, 0) is 30.2 Å². The Morgan fingerprint density at radius 1 is 1.10 bits per heavy atom. The monoisotopic (exact) mass is 388 g/mol. The molecule has 1 N–H and O–H groups in total. The summed E-state index contributed by atoms with van der Waals surface area (Å²) in [6, 6.07) is 12.3. The van der Waals surface area contributed by atoms with Gasteiger partial charge in [0.25, 0.3) is 11.5 Å². The van der Waals surface area contributed by atoms with Crippen LogP contribution >= 0.6 is 0 Å². The summed E-state index contributed by atoms with van der Waals surface area (Å²) in [4.78, 5) is 30.0. The van der Waals surface area contributed by atoms with Gasteiger partial charge in [0.2, 0.25) is 0 Å². The normalized spacial score (nSPS) is 11.1. The van der Waals surface area contributed by atoms with Crippen molar-refractivity contribution in [2.75, 3.05) is 5.32 Å². The number of carbonyl (C=O) groups excluding carboxylic acids is 1. The maximum atomic E-state index is 13.0. The molecule has 0 spiro atoms. The van der Waals surface area contributed by atoms with Gasteiger partial charge in [0.05, 0.1) is 17.3 Å². The van der Waals surface area contributed by atoms with E-state index in [-0.39, 0.29) is 17.2 Å². The molecule has 0 bridgehead atoms. The molecule has 8 heteroatoms. The number of nitrogens with one attached hydrogen (secondary N) is 1. The van der Waals surface area contributed by atoms with Crippen LogP contribution in [-0.4, -0.2) is 30.5 Å². The first-order chi connectivity index (χ1) is 14.0. The molecular weight excluding hydrogens is 368 g/mol. The summed E-state index contributed by atoms with van der Waals surface area (Å²) in [6.45, 7) is 4.43. The minimum absolute atomic E-state index is 0.198. The van der Waals surface area contributed by atoms with E-state index in [1.165, 1.54) is 4.68 Å². The first-order valence-corrected chi connectivity index (χ1v) is 9.30. The molecule has 8 nitrogen and oxygen atoms in total. The van der Waals surface area contributed by atoms with Gasteiger partial charge in [0, 0.05) is 24.3 Å². The van der Waals surface area contributed by atoms with Gasteiger partial charge in [-0.15, -0.1) is 0 Å². The van der Waals surface area contributed by atoms with Crippen LogP contribution in [0.1, 0.15) is 24.3 Å². The highest BCUT2D eigenvalue weighted by Gasteiger charge is 2.17. The van der Waals surface area contributed by atoms with Crippen LogP contribution in [0.3, 0.4) is 0 Å². The number of benzene rings is 1. The number of fused-ring (bicyclic) bond motifs is 1. The fourth-order valence-electron chi connectivity index (χ4n) is 3.06. The van der Waals surface area contributed by atoms with Crippen molar-refractivity contribution in [3.05, 3.63) is 77.1 Å². The zero-order valence-corrected chi connectivity index (χ0v) is 16.1. The van der Waals surface area contributed by atoms with Crippen LogP contribution in [0.5, 0.6) is 0 Å². The largest absolute Gasteiger partial charge is 0.319 e. The number of hydrogen-bond donors (Lipinski definition) is 1. The summed E-state index contributed by atoms with van der Waals surface area (Å²) in [5, 5.41) is 12.3. The summed E-state index contributed by atoms with van der Waals surface area (Å²) < 4.78 is 2.99. The van der Waals surface area contributed by atoms with Crippen molar-refractivity contribution in [1.82, 2.24) is 24.5 Å². The Kier molecular flexibility index (Phi) is 4.90. The van der Waals surface area contributed by atoms with Crippen LogP contribution < -0.4 is 10.9 Å². The predicted octanol–water partition coefficient (Wildman–Crippen LogP) is 2.89. The molecule has 4 rings (SSSR count). The molecule has 1 amide bonds. The van der Waals surface area contributed by atoms with Crippen molar-refractivity contribution in [3.63, 3.8) is 0 Å². The number of rotatable bonds is 5. The summed E-state index contributed by atoms with van der Waals surface area (Å²) in [5.41, 5.74) is 0.534. The fraction of sp³-hybridized carbons (Fsp3) is 0.190. The number of pyridine rings is 1. The quantitative estimate of drug-likeness (QED) is 0.567. The number of hydrogen-bond acceptors (Lipinski definition) is 5.